The van der Waals surface area contributed by atoms with Crippen LogP contribution in [-0.2, 0) is 19.9 Å². The molecule has 2 bridgehead atoms. The summed E-state index contributed by atoms with van der Waals surface area (Å²) >= 11 is 2.74. The van der Waals surface area contributed by atoms with Gasteiger partial charge in [-0.05, 0) is 22.9 Å². The fourth-order valence-electron chi connectivity index (χ4n) is 4.83. The number of likely N-dealkylation sites (N-methyl/N-ethyl adjacent to an activating group) is 1. The Morgan fingerprint density at radius 2 is 1.67 bits per heavy atom. The van der Waals surface area contributed by atoms with Gasteiger partial charge in [0.05, 0.1) is 23.8 Å². The molecule has 3 unspecified atom stereocenters. The van der Waals surface area contributed by atoms with Crippen molar-refractivity contribution < 1.29 is 40.8 Å². The second kappa shape index (κ2) is 6.64. The number of halogens is 1. The van der Waals surface area contributed by atoms with E-state index in [2.05, 4.69) is 14.1 Å². The Hall–Kier alpha value is -0.770. The number of carbonyl (C=O) groups is 1. The molecule has 0 aliphatic carbocycles. The number of hydrogen-bond acceptors (Lipinski definition) is 6. The smallest absolute Gasteiger partial charge is 0.349 e. The quantitative estimate of drug-likeness (QED) is 0.365. The van der Waals surface area contributed by atoms with Crippen LogP contribution >= 0.6 is 22.7 Å². The number of carbonyl (C=O) groups excluding carboxylic acids is 1. The lowest BCUT2D eigenvalue weighted by Gasteiger charge is -2.45. The van der Waals surface area contributed by atoms with Gasteiger partial charge in [-0.1, -0.05) is 12.1 Å². The van der Waals surface area contributed by atoms with Crippen LogP contribution < -0.4 is 17.0 Å². The Balaban J connectivity index is 0.00000180. The summed E-state index contributed by atoms with van der Waals surface area (Å²) in [6.07, 6.45) is 2.05. The molecule has 5 rings (SSSR count). The zero-order valence-electron chi connectivity index (χ0n) is 15.1. The summed E-state index contributed by atoms with van der Waals surface area (Å²) < 4.78 is 12.6. The summed E-state index contributed by atoms with van der Waals surface area (Å²) in [5, 5.41) is 15.1. The summed E-state index contributed by atoms with van der Waals surface area (Å²) in [4.78, 5) is 14.3. The average molecular weight is 472 g/mol. The Morgan fingerprint density at radius 3 is 2.11 bits per heavy atom. The first-order valence-corrected chi connectivity index (χ1v) is 10.7. The van der Waals surface area contributed by atoms with Crippen molar-refractivity contribution >= 4 is 28.6 Å². The van der Waals surface area contributed by atoms with Gasteiger partial charge in [-0.25, -0.2) is 4.79 Å². The van der Waals surface area contributed by atoms with Crippen molar-refractivity contribution in [2.45, 2.75) is 48.8 Å². The van der Waals surface area contributed by atoms with Crippen LogP contribution in [0.3, 0.4) is 0 Å². The molecule has 0 spiro atoms. The van der Waals surface area contributed by atoms with Gasteiger partial charge in [-0.3, -0.25) is 0 Å². The minimum Gasteiger partial charge on any atom is -1.00 e. The summed E-state index contributed by atoms with van der Waals surface area (Å²) in [5.41, 5.74) is -1.72. The molecule has 2 aromatic rings. The Bertz CT molecular complexity index is 769. The predicted molar refractivity (Wildman–Crippen MR) is 99.1 cm³/mol. The number of epoxide rings is 1. The van der Waals surface area contributed by atoms with Gasteiger partial charge in [0, 0.05) is 12.8 Å². The number of nitrogens with zero attached hydrogens (tertiary/aromatic N) is 1. The molecule has 8 heteroatoms. The lowest BCUT2D eigenvalue weighted by atomic mass is 9.95. The fourth-order valence-corrected chi connectivity index (χ4v) is 6.54. The summed E-state index contributed by atoms with van der Waals surface area (Å²) in [6.45, 7) is 0. The van der Waals surface area contributed by atoms with Crippen molar-refractivity contribution in [3.8, 4) is 0 Å². The number of morpholine rings is 1. The molecular weight excluding hydrogens is 450 g/mol. The lowest BCUT2D eigenvalue weighted by Crippen LogP contribution is -3.00. The van der Waals surface area contributed by atoms with Gasteiger partial charge in [0.2, 0.25) is 5.60 Å². The third-order valence-electron chi connectivity index (χ3n) is 6.36. The van der Waals surface area contributed by atoms with Crippen LogP contribution in [0.4, 0.5) is 0 Å². The molecule has 1 N–H and O–H groups in total. The standard InChI is InChI=1S/C19H22NO4S2.BrH/c1-20(2)12-9-11(10-13(20)17-16(12)24-17)23-18(21)19(22,14-5-3-7-25-14)15-6-4-8-26-15;/h3-8,11-13,16-17,22H,9-10H2,1-2H3;1H/q+1;/p-1/t11?,12-,13?,16+,17?;/m0./s1. The van der Waals surface area contributed by atoms with Gasteiger partial charge in [-0.15, -0.1) is 22.7 Å². The van der Waals surface area contributed by atoms with Gasteiger partial charge in [0.1, 0.15) is 30.4 Å². The average Bonchev–Trinajstić information content (AvgIpc) is 2.98. The number of fused-ring (bicyclic) bond motifs is 5. The first kappa shape index (κ1) is 19.5. The number of thiophene rings is 2. The molecule has 3 fully saturated rings. The van der Waals surface area contributed by atoms with Crippen molar-refractivity contribution in [3.05, 3.63) is 44.8 Å². The predicted octanol–water partition coefficient (Wildman–Crippen LogP) is -0.650. The molecule has 27 heavy (non-hydrogen) atoms. The molecule has 5 atom stereocenters. The van der Waals surface area contributed by atoms with Crippen LogP contribution in [0.15, 0.2) is 35.0 Å². The number of esters is 1. The molecule has 2 aromatic heterocycles. The van der Waals surface area contributed by atoms with Gasteiger partial charge >= 0.3 is 5.97 Å². The molecule has 0 radical (unpaired) electrons. The van der Waals surface area contributed by atoms with E-state index in [9.17, 15) is 9.90 Å². The topological polar surface area (TPSA) is 59.1 Å². The normalized spacial score (nSPS) is 33.1. The number of rotatable bonds is 4. The van der Waals surface area contributed by atoms with E-state index in [0.717, 1.165) is 17.3 Å². The van der Waals surface area contributed by atoms with Gasteiger partial charge < -0.3 is 36.0 Å². The highest BCUT2D eigenvalue weighted by atomic mass is 79.9. The van der Waals surface area contributed by atoms with Crippen molar-refractivity contribution in [2.24, 2.45) is 0 Å². The van der Waals surface area contributed by atoms with Gasteiger partial charge in [0.15, 0.2) is 0 Å². The van der Waals surface area contributed by atoms with E-state index in [4.69, 9.17) is 9.47 Å². The first-order valence-electron chi connectivity index (χ1n) is 8.92. The van der Waals surface area contributed by atoms with Crippen LogP contribution in [0, 0.1) is 0 Å². The minimum atomic E-state index is -1.72. The molecule has 146 valence electrons. The van der Waals surface area contributed by atoms with E-state index in [1.54, 1.807) is 12.1 Å². The van der Waals surface area contributed by atoms with Gasteiger partial charge in [-0.2, -0.15) is 0 Å². The SMILES string of the molecule is C[N+]1(C)C2CC(OC(=O)C(O)(c3cccs3)c3cccs3)C[C@H]1[C@H]1OC21.[Br-]. The third kappa shape index (κ3) is 2.84. The molecule has 0 amide bonds. The lowest BCUT2D eigenvalue weighted by molar-refractivity contribution is -0.938. The van der Waals surface area contributed by atoms with Crippen LogP contribution in [0.25, 0.3) is 0 Å². The molecular formula is C19H22BrNO4S2. The Labute approximate surface area is 176 Å². The molecule has 0 saturated carbocycles. The maximum atomic E-state index is 13.1. The van der Waals surface area contributed by atoms with Crippen LogP contribution in [0.1, 0.15) is 22.6 Å². The van der Waals surface area contributed by atoms with Crippen LogP contribution in [0.2, 0.25) is 0 Å². The van der Waals surface area contributed by atoms with E-state index >= 15 is 0 Å². The second-order valence-electron chi connectivity index (χ2n) is 7.99. The molecule has 0 aromatic carbocycles. The van der Waals surface area contributed by atoms with Crippen molar-refractivity contribution in [2.75, 3.05) is 14.1 Å². The number of aliphatic hydroxyl groups is 1. The largest absolute Gasteiger partial charge is 1.00 e. The summed E-state index contributed by atoms with van der Waals surface area (Å²) in [7, 11) is 4.49. The monoisotopic (exact) mass is 471 g/mol. The number of quaternary nitrogens is 1. The highest BCUT2D eigenvalue weighted by Gasteiger charge is 2.71. The molecule has 3 aliphatic heterocycles. The van der Waals surface area contributed by atoms with Crippen molar-refractivity contribution in [1.29, 1.82) is 0 Å². The fraction of sp³-hybridized carbons (Fsp3) is 0.526. The maximum absolute atomic E-state index is 13.1. The second-order valence-corrected chi connectivity index (χ2v) is 9.89. The summed E-state index contributed by atoms with van der Waals surface area (Å²) in [5.74, 6) is -0.561. The summed E-state index contributed by atoms with van der Waals surface area (Å²) in [6, 6.07) is 8.01. The molecule has 3 saturated heterocycles. The number of hydrogen-bond donors (Lipinski definition) is 1. The maximum Gasteiger partial charge on any atom is 0.349 e. The van der Waals surface area contributed by atoms with Crippen molar-refractivity contribution in [1.82, 2.24) is 0 Å². The van der Waals surface area contributed by atoms with Crippen LogP contribution in [0.5, 0.6) is 0 Å². The van der Waals surface area contributed by atoms with Crippen LogP contribution in [-0.4, -0.2) is 60.0 Å². The Kier molecular flexibility index (Phi) is 4.81. The van der Waals surface area contributed by atoms with E-state index in [0.29, 0.717) is 34.0 Å². The van der Waals surface area contributed by atoms with E-state index in [-0.39, 0.29) is 23.1 Å². The molecule has 3 aliphatic rings. The Morgan fingerprint density at radius 1 is 1.15 bits per heavy atom. The zero-order valence-corrected chi connectivity index (χ0v) is 18.3. The van der Waals surface area contributed by atoms with Crippen molar-refractivity contribution in [3.63, 3.8) is 0 Å². The third-order valence-corrected chi connectivity index (χ3v) is 8.32. The molecule has 5 nitrogen and oxygen atoms in total. The zero-order chi connectivity index (χ0) is 18.1. The molecule has 5 heterocycles. The highest BCUT2D eigenvalue weighted by molar-refractivity contribution is 7.12. The first-order chi connectivity index (χ1) is 12.4. The van der Waals surface area contributed by atoms with E-state index in [1.165, 1.54) is 22.7 Å². The van der Waals surface area contributed by atoms with E-state index < -0.39 is 11.6 Å². The van der Waals surface area contributed by atoms with E-state index in [1.807, 2.05) is 22.9 Å². The minimum absolute atomic E-state index is 0. The number of ether oxygens (including phenoxy) is 2. The highest BCUT2D eigenvalue weighted by Crippen LogP contribution is 2.52. The number of piperidine rings is 1. The van der Waals surface area contributed by atoms with Gasteiger partial charge in [0.25, 0.3) is 0 Å².